The molecule has 7 nitrogen and oxygen atoms in total. The van der Waals surface area contributed by atoms with Gasteiger partial charge in [-0.1, -0.05) is 6.42 Å². The van der Waals surface area contributed by atoms with Crippen molar-refractivity contribution >= 4 is 11.5 Å². The average Bonchev–Trinajstić information content (AvgIpc) is 2.86. The summed E-state index contributed by atoms with van der Waals surface area (Å²) in [5.74, 6) is 0.758. The van der Waals surface area contributed by atoms with Crippen LogP contribution in [0.15, 0.2) is 17.2 Å². The minimum atomic E-state index is -0.261. The molecule has 1 aliphatic rings. The van der Waals surface area contributed by atoms with Crippen molar-refractivity contribution in [2.24, 2.45) is 0 Å². The molecule has 114 valence electrons. The van der Waals surface area contributed by atoms with Gasteiger partial charge in [0.15, 0.2) is 5.65 Å². The highest BCUT2D eigenvalue weighted by Crippen LogP contribution is 2.16. The van der Waals surface area contributed by atoms with Crippen molar-refractivity contribution < 1.29 is 0 Å². The number of aromatic nitrogens is 4. The van der Waals surface area contributed by atoms with E-state index in [-0.39, 0.29) is 5.69 Å². The maximum absolute atomic E-state index is 11.3. The zero-order valence-corrected chi connectivity index (χ0v) is 12.4. The number of aromatic amines is 1. The highest BCUT2D eigenvalue weighted by atomic mass is 16.1. The molecule has 21 heavy (non-hydrogen) atoms. The summed E-state index contributed by atoms with van der Waals surface area (Å²) < 4.78 is 1.39. The SMILES string of the molecule is CC1CCCCN1CCCNc1cc2n[nH]c(=O)n2cn1. The molecule has 2 N–H and O–H groups in total. The van der Waals surface area contributed by atoms with Gasteiger partial charge in [0.25, 0.3) is 0 Å². The van der Waals surface area contributed by atoms with Crippen LogP contribution in [0, 0.1) is 0 Å². The number of nitrogens with zero attached hydrogens (tertiary/aromatic N) is 4. The second-order valence-corrected chi connectivity index (χ2v) is 5.69. The lowest BCUT2D eigenvalue weighted by Gasteiger charge is -2.33. The van der Waals surface area contributed by atoms with Gasteiger partial charge in [0.2, 0.25) is 0 Å². The van der Waals surface area contributed by atoms with Gasteiger partial charge in [0, 0.05) is 25.2 Å². The van der Waals surface area contributed by atoms with E-state index in [2.05, 4.69) is 32.3 Å². The first-order valence-corrected chi connectivity index (χ1v) is 7.65. The van der Waals surface area contributed by atoms with E-state index < -0.39 is 0 Å². The molecule has 0 amide bonds. The van der Waals surface area contributed by atoms with Crippen LogP contribution in [-0.2, 0) is 0 Å². The Labute approximate surface area is 123 Å². The van der Waals surface area contributed by atoms with Crippen molar-refractivity contribution in [3.05, 3.63) is 22.9 Å². The molecule has 1 aliphatic heterocycles. The maximum Gasteiger partial charge on any atom is 0.348 e. The average molecular weight is 290 g/mol. The van der Waals surface area contributed by atoms with Gasteiger partial charge in [-0.15, -0.1) is 0 Å². The number of hydrogen-bond donors (Lipinski definition) is 2. The molecule has 0 bridgehead atoms. The minimum absolute atomic E-state index is 0.261. The molecular weight excluding hydrogens is 268 g/mol. The second-order valence-electron chi connectivity index (χ2n) is 5.69. The standard InChI is InChI=1S/C14H22N6O/c1-11-5-2-3-7-19(11)8-4-6-15-12-9-13-17-18-14(21)20(13)10-16-12/h9-11,15H,2-8H2,1H3,(H,18,21). The minimum Gasteiger partial charge on any atom is -0.370 e. The van der Waals surface area contributed by atoms with Gasteiger partial charge in [-0.05, 0) is 32.7 Å². The van der Waals surface area contributed by atoms with Gasteiger partial charge in [0.1, 0.15) is 12.1 Å². The lowest BCUT2D eigenvalue weighted by atomic mass is 10.0. The van der Waals surface area contributed by atoms with E-state index in [0.717, 1.165) is 25.3 Å². The summed E-state index contributed by atoms with van der Waals surface area (Å²) in [5.41, 5.74) is 0.324. The summed E-state index contributed by atoms with van der Waals surface area (Å²) in [6, 6.07) is 2.49. The first-order valence-electron chi connectivity index (χ1n) is 7.65. The molecule has 1 unspecified atom stereocenters. The predicted octanol–water partition coefficient (Wildman–Crippen LogP) is 1.09. The van der Waals surface area contributed by atoms with E-state index in [9.17, 15) is 4.79 Å². The Morgan fingerprint density at radius 2 is 2.38 bits per heavy atom. The van der Waals surface area contributed by atoms with Crippen molar-refractivity contribution in [3.8, 4) is 0 Å². The molecule has 1 atom stereocenters. The third-order valence-electron chi connectivity index (χ3n) is 4.18. The molecule has 0 aromatic carbocycles. The number of fused-ring (bicyclic) bond motifs is 1. The number of piperidine rings is 1. The molecule has 1 fully saturated rings. The molecule has 2 aromatic rings. The zero-order chi connectivity index (χ0) is 14.7. The summed E-state index contributed by atoms with van der Waals surface area (Å²) in [6.07, 6.45) is 6.59. The van der Waals surface area contributed by atoms with Crippen molar-refractivity contribution in [2.45, 2.75) is 38.6 Å². The summed E-state index contributed by atoms with van der Waals surface area (Å²) in [7, 11) is 0. The molecule has 0 radical (unpaired) electrons. The van der Waals surface area contributed by atoms with Crippen LogP contribution in [0.3, 0.4) is 0 Å². The third-order valence-corrected chi connectivity index (χ3v) is 4.18. The molecule has 1 saturated heterocycles. The molecular formula is C14H22N6O. The fraction of sp³-hybridized carbons (Fsp3) is 0.643. The van der Waals surface area contributed by atoms with Crippen molar-refractivity contribution in [2.75, 3.05) is 25.0 Å². The number of hydrogen-bond acceptors (Lipinski definition) is 5. The van der Waals surface area contributed by atoms with Crippen LogP contribution in [0.1, 0.15) is 32.6 Å². The number of likely N-dealkylation sites (tertiary alicyclic amines) is 1. The van der Waals surface area contributed by atoms with E-state index in [4.69, 9.17) is 0 Å². The number of nitrogens with one attached hydrogen (secondary N) is 2. The predicted molar refractivity (Wildman–Crippen MR) is 81.6 cm³/mol. The summed E-state index contributed by atoms with van der Waals surface area (Å²) >= 11 is 0. The fourth-order valence-electron chi connectivity index (χ4n) is 2.89. The Bertz CT molecular complexity index is 648. The Morgan fingerprint density at radius 3 is 3.24 bits per heavy atom. The van der Waals surface area contributed by atoms with E-state index in [1.165, 1.54) is 36.5 Å². The zero-order valence-electron chi connectivity index (χ0n) is 12.4. The third kappa shape index (κ3) is 3.24. The van der Waals surface area contributed by atoms with Crippen LogP contribution in [0.5, 0.6) is 0 Å². The van der Waals surface area contributed by atoms with E-state index in [0.29, 0.717) is 11.7 Å². The smallest absolute Gasteiger partial charge is 0.348 e. The summed E-state index contributed by atoms with van der Waals surface area (Å²) in [4.78, 5) is 18.1. The largest absolute Gasteiger partial charge is 0.370 e. The van der Waals surface area contributed by atoms with Crippen LogP contribution < -0.4 is 11.0 Å². The number of anilines is 1. The Hall–Kier alpha value is -1.89. The molecule has 0 aliphatic carbocycles. The van der Waals surface area contributed by atoms with Crippen LogP contribution in [0.2, 0.25) is 0 Å². The number of rotatable bonds is 5. The van der Waals surface area contributed by atoms with Crippen LogP contribution in [0.4, 0.5) is 5.82 Å². The monoisotopic (exact) mass is 290 g/mol. The van der Waals surface area contributed by atoms with E-state index >= 15 is 0 Å². The highest BCUT2D eigenvalue weighted by Gasteiger charge is 2.16. The quantitative estimate of drug-likeness (QED) is 0.806. The fourth-order valence-corrected chi connectivity index (χ4v) is 2.89. The molecule has 3 rings (SSSR count). The van der Waals surface area contributed by atoms with Gasteiger partial charge < -0.3 is 10.2 Å². The normalized spacial score (nSPS) is 20.0. The van der Waals surface area contributed by atoms with Crippen molar-refractivity contribution in [3.63, 3.8) is 0 Å². The summed E-state index contributed by atoms with van der Waals surface area (Å²) in [5, 5.41) is 9.62. The molecule has 0 saturated carbocycles. The van der Waals surface area contributed by atoms with Gasteiger partial charge in [-0.3, -0.25) is 0 Å². The molecule has 2 aromatic heterocycles. The summed E-state index contributed by atoms with van der Waals surface area (Å²) in [6.45, 7) is 5.54. The van der Waals surface area contributed by atoms with E-state index in [1.807, 2.05) is 0 Å². The highest BCUT2D eigenvalue weighted by molar-refractivity contribution is 5.48. The molecule has 0 spiro atoms. The van der Waals surface area contributed by atoms with Crippen molar-refractivity contribution in [1.29, 1.82) is 0 Å². The van der Waals surface area contributed by atoms with Gasteiger partial charge >= 0.3 is 5.69 Å². The first kappa shape index (κ1) is 14.1. The van der Waals surface area contributed by atoms with Crippen LogP contribution in [-0.4, -0.2) is 50.2 Å². The van der Waals surface area contributed by atoms with Crippen LogP contribution >= 0.6 is 0 Å². The second kappa shape index (κ2) is 6.26. The van der Waals surface area contributed by atoms with Crippen LogP contribution in [0.25, 0.3) is 5.65 Å². The number of H-pyrrole nitrogens is 1. The Morgan fingerprint density at radius 1 is 1.48 bits per heavy atom. The first-order chi connectivity index (χ1) is 10.2. The maximum atomic E-state index is 11.3. The Kier molecular flexibility index (Phi) is 4.19. The van der Waals surface area contributed by atoms with Gasteiger partial charge in [-0.2, -0.15) is 5.10 Å². The molecule has 7 heteroatoms. The van der Waals surface area contributed by atoms with Gasteiger partial charge in [0.05, 0.1) is 0 Å². The lowest BCUT2D eigenvalue weighted by molar-refractivity contribution is 0.160. The lowest BCUT2D eigenvalue weighted by Crippen LogP contribution is -2.38. The molecule has 3 heterocycles. The Balaban J connectivity index is 1.49. The topological polar surface area (TPSA) is 78.3 Å². The van der Waals surface area contributed by atoms with E-state index in [1.54, 1.807) is 6.07 Å². The van der Waals surface area contributed by atoms with Crippen molar-refractivity contribution in [1.82, 2.24) is 24.5 Å². The van der Waals surface area contributed by atoms with Gasteiger partial charge in [-0.25, -0.2) is 19.3 Å².